The predicted octanol–water partition coefficient (Wildman–Crippen LogP) is 1.88. The van der Waals surface area contributed by atoms with Crippen molar-refractivity contribution in [3.05, 3.63) is 47.8 Å². The highest BCUT2D eigenvalue weighted by Crippen LogP contribution is 2.31. The van der Waals surface area contributed by atoms with Gasteiger partial charge in [0.2, 0.25) is 0 Å². The highest BCUT2D eigenvalue weighted by atomic mass is 16.6. The fraction of sp³-hybridized carbons (Fsp3) is 0.118. The number of nitrogens with zero attached hydrogens (tertiary/aromatic N) is 1. The summed E-state index contributed by atoms with van der Waals surface area (Å²) < 4.78 is 9.90. The molecule has 0 saturated carbocycles. The molecule has 0 saturated heterocycles. The number of rotatable bonds is 5. The van der Waals surface area contributed by atoms with Gasteiger partial charge in [-0.2, -0.15) is 0 Å². The molecule has 9 nitrogen and oxygen atoms in total. The van der Waals surface area contributed by atoms with E-state index in [0.717, 1.165) is 6.20 Å². The molecule has 1 aromatic carbocycles. The van der Waals surface area contributed by atoms with E-state index in [-0.39, 0.29) is 28.4 Å². The first-order valence-corrected chi connectivity index (χ1v) is 7.28. The minimum absolute atomic E-state index is 0.00639. The number of carbonyl (C=O) groups excluding carboxylic acids is 3. The lowest BCUT2D eigenvalue weighted by atomic mass is 10.2. The molecule has 0 unspecified atom stereocenters. The molecule has 0 atom stereocenters. The van der Waals surface area contributed by atoms with Crippen molar-refractivity contribution in [2.75, 3.05) is 5.32 Å². The van der Waals surface area contributed by atoms with Crippen molar-refractivity contribution >= 4 is 29.5 Å². The second-order valence-corrected chi connectivity index (χ2v) is 5.04. The SMILES string of the molecule is CC(=O)Oc1ccc(NC(=O)c2ccc(C(=O)O)cn2)cc1OC(C)=O. The summed E-state index contributed by atoms with van der Waals surface area (Å²) in [5, 5.41) is 11.3. The Labute approximate surface area is 147 Å². The number of aromatic nitrogens is 1. The molecule has 0 radical (unpaired) electrons. The maximum atomic E-state index is 12.2. The number of hydrogen-bond donors (Lipinski definition) is 2. The number of hydrogen-bond acceptors (Lipinski definition) is 7. The maximum Gasteiger partial charge on any atom is 0.337 e. The van der Waals surface area contributed by atoms with Crippen molar-refractivity contribution < 1.29 is 33.8 Å². The van der Waals surface area contributed by atoms with Gasteiger partial charge in [0, 0.05) is 31.8 Å². The summed E-state index contributed by atoms with van der Waals surface area (Å²) in [6, 6.07) is 6.62. The van der Waals surface area contributed by atoms with Crippen LogP contribution in [0.15, 0.2) is 36.5 Å². The third kappa shape index (κ3) is 4.87. The molecule has 9 heteroatoms. The molecule has 0 spiro atoms. The van der Waals surface area contributed by atoms with Crippen LogP contribution in [-0.4, -0.2) is 33.9 Å². The van der Waals surface area contributed by atoms with E-state index < -0.39 is 23.8 Å². The predicted molar refractivity (Wildman–Crippen MR) is 88.2 cm³/mol. The number of carboxylic acids is 1. The van der Waals surface area contributed by atoms with Gasteiger partial charge in [-0.15, -0.1) is 0 Å². The number of anilines is 1. The summed E-state index contributed by atoms with van der Waals surface area (Å²) in [5.41, 5.74) is 0.198. The number of esters is 2. The molecule has 134 valence electrons. The zero-order chi connectivity index (χ0) is 19.3. The molecule has 2 aromatic rings. The molecule has 2 rings (SSSR count). The van der Waals surface area contributed by atoms with Crippen LogP contribution in [0.3, 0.4) is 0 Å². The number of benzene rings is 1. The molecule has 1 amide bonds. The highest BCUT2D eigenvalue weighted by molar-refractivity contribution is 6.03. The Balaban J connectivity index is 2.22. The van der Waals surface area contributed by atoms with Crippen molar-refractivity contribution in [3.8, 4) is 11.5 Å². The Bertz CT molecular complexity index is 875. The van der Waals surface area contributed by atoms with Crippen LogP contribution in [0.25, 0.3) is 0 Å². The number of pyridine rings is 1. The van der Waals surface area contributed by atoms with Gasteiger partial charge in [0.25, 0.3) is 5.91 Å². The molecule has 0 aliphatic rings. The van der Waals surface area contributed by atoms with Crippen molar-refractivity contribution in [3.63, 3.8) is 0 Å². The van der Waals surface area contributed by atoms with Crippen molar-refractivity contribution in [1.82, 2.24) is 4.98 Å². The molecule has 0 bridgehead atoms. The van der Waals surface area contributed by atoms with Crippen molar-refractivity contribution in [1.29, 1.82) is 0 Å². The first-order valence-electron chi connectivity index (χ1n) is 7.28. The van der Waals surface area contributed by atoms with Gasteiger partial charge in [0.1, 0.15) is 5.69 Å². The van der Waals surface area contributed by atoms with Gasteiger partial charge < -0.3 is 19.9 Å². The Morgan fingerprint density at radius 2 is 1.62 bits per heavy atom. The first-order chi connectivity index (χ1) is 12.3. The summed E-state index contributed by atoms with van der Waals surface area (Å²) in [4.78, 5) is 49.0. The Kier molecular flexibility index (Phi) is 5.63. The third-order valence-electron chi connectivity index (χ3n) is 2.95. The van der Waals surface area contributed by atoms with E-state index in [2.05, 4.69) is 10.3 Å². The van der Waals surface area contributed by atoms with Gasteiger partial charge >= 0.3 is 17.9 Å². The summed E-state index contributed by atoms with van der Waals surface area (Å²) in [6.07, 6.45) is 1.06. The van der Waals surface area contributed by atoms with Crippen LogP contribution in [-0.2, 0) is 9.59 Å². The molecule has 1 aromatic heterocycles. The fourth-order valence-corrected chi connectivity index (χ4v) is 1.91. The van der Waals surface area contributed by atoms with E-state index in [0.29, 0.717) is 0 Å². The van der Waals surface area contributed by atoms with E-state index in [9.17, 15) is 19.2 Å². The minimum atomic E-state index is -1.16. The van der Waals surface area contributed by atoms with Gasteiger partial charge in [-0.25, -0.2) is 4.79 Å². The van der Waals surface area contributed by atoms with Gasteiger partial charge in [0.05, 0.1) is 5.56 Å². The number of nitrogens with one attached hydrogen (secondary N) is 1. The van der Waals surface area contributed by atoms with Gasteiger partial charge in [-0.3, -0.25) is 19.4 Å². The summed E-state index contributed by atoms with van der Waals surface area (Å²) >= 11 is 0. The highest BCUT2D eigenvalue weighted by Gasteiger charge is 2.14. The lowest BCUT2D eigenvalue weighted by Gasteiger charge is -2.11. The minimum Gasteiger partial charge on any atom is -0.478 e. The quantitative estimate of drug-likeness (QED) is 0.612. The largest absolute Gasteiger partial charge is 0.478 e. The normalized spacial score (nSPS) is 9.92. The van der Waals surface area contributed by atoms with E-state index >= 15 is 0 Å². The second kappa shape index (κ2) is 7.88. The lowest BCUT2D eigenvalue weighted by molar-refractivity contribution is -0.134. The van der Waals surface area contributed by atoms with Crippen LogP contribution in [0.4, 0.5) is 5.69 Å². The van der Waals surface area contributed by atoms with Crippen LogP contribution in [0.5, 0.6) is 11.5 Å². The van der Waals surface area contributed by atoms with Gasteiger partial charge in [-0.05, 0) is 24.3 Å². The fourth-order valence-electron chi connectivity index (χ4n) is 1.91. The Morgan fingerprint density at radius 3 is 2.15 bits per heavy atom. The molecular weight excluding hydrogens is 344 g/mol. The molecular formula is C17H14N2O7. The van der Waals surface area contributed by atoms with Crippen LogP contribution >= 0.6 is 0 Å². The van der Waals surface area contributed by atoms with Gasteiger partial charge in [0.15, 0.2) is 11.5 Å². The monoisotopic (exact) mass is 358 g/mol. The number of carboxylic acid groups (broad SMARTS) is 1. The lowest BCUT2D eigenvalue weighted by Crippen LogP contribution is -2.14. The first kappa shape index (κ1) is 18.6. The van der Waals surface area contributed by atoms with Crippen LogP contribution in [0.2, 0.25) is 0 Å². The topological polar surface area (TPSA) is 132 Å². The number of carbonyl (C=O) groups is 4. The molecule has 0 aliphatic carbocycles. The summed E-state index contributed by atoms with van der Waals surface area (Å²) in [5.74, 6) is -3.01. The van der Waals surface area contributed by atoms with E-state index in [1.54, 1.807) is 0 Å². The average Bonchev–Trinajstić information content (AvgIpc) is 2.56. The average molecular weight is 358 g/mol. The molecule has 0 fully saturated rings. The third-order valence-corrected chi connectivity index (χ3v) is 2.95. The second-order valence-electron chi connectivity index (χ2n) is 5.04. The number of amides is 1. The maximum absolute atomic E-state index is 12.2. The number of aromatic carboxylic acids is 1. The number of ether oxygens (including phenoxy) is 2. The standard InChI is InChI=1S/C17H14N2O7/c1-9(20)25-14-6-4-12(7-15(14)26-10(2)21)19-16(22)13-5-3-11(8-18-13)17(23)24/h3-8H,1-2H3,(H,19,22)(H,23,24). The zero-order valence-electron chi connectivity index (χ0n) is 13.8. The van der Waals surface area contributed by atoms with E-state index in [4.69, 9.17) is 14.6 Å². The van der Waals surface area contributed by atoms with Gasteiger partial charge in [-0.1, -0.05) is 0 Å². The van der Waals surface area contributed by atoms with E-state index in [1.807, 2.05) is 0 Å². The molecule has 0 aliphatic heterocycles. The Morgan fingerprint density at radius 1 is 0.962 bits per heavy atom. The van der Waals surface area contributed by atoms with Crippen LogP contribution in [0.1, 0.15) is 34.7 Å². The van der Waals surface area contributed by atoms with E-state index in [1.165, 1.54) is 44.2 Å². The van der Waals surface area contributed by atoms with Crippen LogP contribution in [0, 0.1) is 0 Å². The zero-order valence-corrected chi connectivity index (χ0v) is 13.8. The van der Waals surface area contributed by atoms with Crippen molar-refractivity contribution in [2.24, 2.45) is 0 Å². The smallest absolute Gasteiger partial charge is 0.337 e. The molecule has 2 N–H and O–H groups in total. The summed E-state index contributed by atoms with van der Waals surface area (Å²) in [6.45, 7) is 2.37. The molecule has 1 heterocycles. The van der Waals surface area contributed by atoms with Crippen LogP contribution < -0.4 is 14.8 Å². The van der Waals surface area contributed by atoms with Crippen molar-refractivity contribution in [2.45, 2.75) is 13.8 Å². The summed E-state index contributed by atoms with van der Waals surface area (Å²) in [7, 11) is 0. The molecule has 26 heavy (non-hydrogen) atoms. The Hall–Kier alpha value is -3.75.